The number of hydrogen-bond acceptors (Lipinski definition) is 3. The SMILES string of the molecule is CCOc1ccc(CNC(=O)c2ccc(CSc3ccccc3)cc2)cc1. The summed E-state index contributed by atoms with van der Waals surface area (Å²) >= 11 is 1.79. The number of thioether (sulfide) groups is 1. The quantitative estimate of drug-likeness (QED) is 0.541. The first-order chi connectivity index (χ1) is 13.2. The minimum absolute atomic E-state index is 0.0638. The summed E-state index contributed by atoms with van der Waals surface area (Å²) in [5, 5.41) is 2.96. The van der Waals surface area contributed by atoms with Gasteiger partial charge in [0.05, 0.1) is 6.61 Å². The van der Waals surface area contributed by atoms with Crippen molar-refractivity contribution >= 4 is 17.7 Å². The number of nitrogens with one attached hydrogen (secondary N) is 1. The van der Waals surface area contributed by atoms with Crippen molar-refractivity contribution in [3.8, 4) is 5.75 Å². The first-order valence-corrected chi connectivity index (χ1v) is 10.00. The van der Waals surface area contributed by atoms with E-state index in [-0.39, 0.29) is 5.91 Å². The molecular formula is C23H23NO2S. The zero-order valence-corrected chi connectivity index (χ0v) is 16.2. The lowest BCUT2D eigenvalue weighted by molar-refractivity contribution is 0.0951. The van der Waals surface area contributed by atoms with Gasteiger partial charge in [-0.1, -0.05) is 42.5 Å². The maximum absolute atomic E-state index is 12.3. The fourth-order valence-corrected chi connectivity index (χ4v) is 3.47. The molecule has 0 bridgehead atoms. The second-order valence-electron chi connectivity index (χ2n) is 6.06. The molecule has 3 nitrogen and oxygen atoms in total. The van der Waals surface area contributed by atoms with Crippen LogP contribution in [0.25, 0.3) is 0 Å². The number of benzene rings is 3. The third-order valence-electron chi connectivity index (χ3n) is 4.05. The van der Waals surface area contributed by atoms with Gasteiger partial charge in [0.2, 0.25) is 0 Å². The fourth-order valence-electron chi connectivity index (χ4n) is 2.59. The van der Waals surface area contributed by atoms with Gasteiger partial charge in [-0.3, -0.25) is 4.79 Å². The number of amides is 1. The predicted molar refractivity (Wildman–Crippen MR) is 111 cm³/mol. The van der Waals surface area contributed by atoms with E-state index in [1.54, 1.807) is 11.8 Å². The van der Waals surface area contributed by atoms with Crippen molar-refractivity contribution in [3.05, 3.63) is 95.6 Å². The molecule has 3 aromatic carbocycles. The molecule has 1 amide bonds. The second-order valence-corrected chi connectivity index (χ2v) is 7.11. The molecule has 27 heavy (non-hydrogen) atoms. The van der Waals surface area contributed by atoms with E-state index in [0.29, 0.717) is 18.7 Å². The summed E-state index contributed by atoms with van der Waals surface area (Å²) in [7, 11) is 0. The van der Waals surface area contributed by atoms with E-state index in [2.05, 4.69) is 17.4 Å². The predicted octanol–water partition coefficient (Wildman–Crippen LogP) is 5.31. The minimum atomic E-state index is -0.0638. The van der Waals surface area contributed by atoms with Gasteiger partial charge in [0.1, 0.15) is 5.75 Å². The van der Waals surface area contributed by atoms with Gasteiger partial charge in [-0.05, 0) is 54.4 Å². The van der Waals surface area contributed by atoms with Crippen LogP contribution in [0.5, 0.6) is 5.75 Å². The van der Waals surface area contributed by atoms with E-state index >= 15 is 0 Å². The topological polar surface area (TPSA) is 38.3 Å². The van der Waals surface area contributed by atoms with Gasteiger partial charge in [0.25, 0.3) is 5.91 Å². The highest BCUT2D eigenvalue weighted by Crippen LogP contribution is 2.22. The average Bonchev–Trinajstić information content (AvgIpc) is 2.73. The number of carbonyl (C=O) groups excluding carboxylic acids is 1. The monoisotopic (exact) mass is 377 g/mol. The molecule has 0 saturated carbocycles. The maximum atomic E-state index is 12.3. The van der Waals surface area contributed by atoms with Crippen LogP contribution >= 0.6 is 11.8 Å². The Balaban J connectivity index is 1.49. The summed E-state index contributed by atoms with van der Waals surface area (Å²) in [4.78, 5) is 13.6. The van der Waals surface area contributed by atoms with E-state index in [0.717, 1.165) is 17.1 Å². The summed E-state index contributed by atoms with van der Waals surface area (Å²) in [5.74, 6) is 1.67. The molecule has 1 N–H and O–H groups in total. The van der Waals surface area contributed by atoms with Crippen molar-refractivity contribution in [1.29, 1.82) is 0 Å². The van der Waals surface area contributed by atoms with Crippen molar-refractivity contribution in [2.75, 3.05) is 6.61 Å². The Morgan fingerprint density at radius 3 is 2.22 bits per heavy atom. The molecule has 0 atom stereocenters. The highest BCUT2D eigenvalue weighted by molar-refractivity contribution is 7.98. The summed E-state index contributed by atoms with van der Waals surface area (Å²) in [5.41, 5.74) is 2.92. The molecule has 0 aliphatic rings. The summed E-state index contributed by atoms with van der Waals surface area (Å²) in [6.45, 7) is 3.10. The lowest BCUT2D eigenvalue weighted by Crippen LogP contribution is -2.22. The Kier molecular flexibility index (Phi) is 6.94. The first kappa shape index (κ1) is 19.1. The molecule has 0 aliphatic heterocycles. The van der Waals surface area contributed by atoms with Crippen molar-refractivity contribution in [3.63, 3.8) is 0 Å². The van der Waals surface area contributed by atoms with Crippen LogP contribution < -0.4 is 10.1 Å². The normalized spacial score (nSPS) is 10.4. The second kappa shape index (κ2) is 9.83. The summed E-state index contributed by atoms with van der Waals surface area (Å²) in [6, 6.07) is 25.9. The molecule has 0 saturated heterocycles. The van der Waals surface area contributed by atoms with Crippen LogP contribution in [-0.4, -0.2) is 12.5 Å². The van der Waals surface area contributed by atoms with Crippen LogP contribution in [0, 0.1) is 0 Å². The van der Waals surface area contributed by atoms with E-state index in [9.17, 15) is 4.79 Å². The van der Waals surface area contributed by atoms with Crippen LogP contribution in [0.2, 0.25) is 0 Å². The highest BCUT2D eigenvalue weighted by Gasteiger charge is 2.06. The van der Waals surface area contributed by atoms with Crippen LogP contribution in [0.3, 0.4) is 0 Å². The van der Waals surface area contributed by atoms with Gasteiger partial charge in [0.15, 0.2) is 0 Å². The zero-order valence-electron chi connectivity index (χ0n) is 15.4. The number of rotatable bonds is 8. The van der Waals surface area contributed by atoms with E-state index < -0.39 is 0 Å². The molecule has 0 heterocycles. The molecule has 0 fully saturated rings. The smallest absolute Gasteiger partial charge is 0.251 e. The average molecular weight is 378 g/mol. The van der Waals surface area contributed by atoms with Gasteiger partial charge in [-0.15, -0.1) is 11.8 Å². The Morgan fingerprint density at radius 2 is 1.56 bits per heavy atom. The van der Waals surface area contributed by atoms with Crippen LogP contribution in [0.4, 0.5) is 0 Å². The van der Waals surface area contributed by atoms with Crippen LogP contribution in [0.1, 0.15) is 28.4 Å². The lowest BCUT2D eigenvalue weighted by Gasteiger charge is -2.08. The first-order valence-electron chi connectivity index (χ1n) is 9.01. The molecule has 0 aliphatic carbocycles. The fraction of sp³-hybridized carbons (Fsp3) is 0.174. The molecule has 0 spiro atoms. The molecule has 3 aromatic rings. The molecule has 0 aromatic heterocycles. The molecule has 0 radical (unpaired) electrons. The number of ether oxygens (including phenoxy) is 1. The van der Waals surface area contributed by atoms with Crippen LogP contribution in [-0.2, 0) is 12.3 Å². The maximum Gasteiger partial charge on any atom is 0.251 e. The largest absolute Gasteiger partial charge is 0.494 e. The van der Waals surface area contributed by atoms with Crippen LogP contribution in [0.15, 0.2) is 83.8 Å². The van der Waals surface area contributed by atoms with Gasteiger partial charge in [-0.2, -0.15) is 0 Å². The molecule has 3 rings (SSSR count). The Hall–Kier alpha value is -2.72. The van der Waals surface area contributed by atoms with Crippen molar-refractivity contribution in [2.24, 2.45) is 0 Å². The lowest BCUT2D eigenvalue weighted by atomic mass is 10.1. The van der Waals surface area contributed by atoms with Crippen molar-refractivity contribution in [2.45, 2.75) is 24.1 Å². The molecule has 0 unspecified atom stereocenters. The zero-order chi connectivity index (χ0) is 18.9. The Bertz CT molecular complexity index is 846. The highest BCUT2D eigenvalue weighted by atomic mass is 32.2. The number of hydrogen-bond donors (Lipinski definition) is 1. The van der Waals surface area contributed by atoms with E-state index in [1.165, 1.54) is 10.5 Å². The van der Waals surface area contributed by atoms with Gasteiger partial charge < -0.3 is 10.1 Å². The van der Waals surface area contributed by atoms with E-state index in [1.807, 2.05) is 73.7 Å². The van der Waals surface area contributed by atoms with Gasteiger partial charge >= 0.3 is 0 Å². The van der Waals surface area contributed by atoms with Gasteiger partial charge in [-0.25, -0.2) is 0 Å². The van der Waals surface area contributed by atoms with Crippen molar-refractivity contribution in [1.82, 2.24) is 5.32 Å². The molecular weight excluding hydrogens is 354 g/mol. The third-order valence-corrected chi connectivity index (χ3v) is 5.14. The van der Waals surface area contributed by atoms with E-state index in [4.69, 9.17) is 4.74 Å². The van der Waals surface area contributed by atoms with Gasteiger partial charge in [0, 0.05) is 22.8 Å². The molecule has 138 valence electrons. The Morgan fingerprint density at radius 1 is 0.889 bits per heavy atom. The summed E-state index contributed by atoms with van der Waals surface area (Å²) in [6.07, 6.45) is 0. The molecule has 4 heteroatoms. The minimum Gasteiger partial charge on any atom is -0.494 e. The Labute approximate surface area is 164 Å². The standard InChI is InChI=1S/C23H23NO2S/c1-2-26-21-14-10-18(11-15-21)16-24-23(25)20-12-8-19(9-13-20)17-27-22-6-4-3-5-7-22/h3-15H,2,16-17H2,1H3,(H,24,25). The van der Waals surface area contributed by atoms with Crippen molar-refractivity contribution < 1.29 is 9.53 Å². The number of carbonyl (C=O) groups is 1. The summed E-state index contributed by atoms with van der Waals surface area (Å²) < 4.78 is 5.43. The third kappa shape index (κ3) is 5.90.